The Hall–Kier alpha value is -0.280. The fourth-order valence-corrected chi connectivity index (χ4v) is 4.07. The molecule has 1 fully saturated rings. The van der Waals surface area contributed by atoms with Gasteiger partial charge in [0, 0.05) is 34.7 Å². The van der Waals surface area contributed by atoms with E-state index >= 15 is 0 Å². The molecule has 2 N–H and O–H groups in total. The molecule has 1 heterocycles. The van der Waals surface area contributed by atoms with Crippen LogP contribution >= 0.6 is 23.2 Å². The maximum absolute atomic E-state index is 6.38. The summed E-state index contributed by atoms with van der Waals surface area (Å²) in [6.07, 6.45) is 1.27. The van der Waals surface area contributed by atoms with Gasteiger partial charge in [-0.05, 0) is 37.3 Å². The summed E-state index contributed by atoms with van der Waals surface area (Å²) in [6.45, 7) is 8.48. The van der Waals surface area contributed by atoms with Crippen LogP contribution in [0.4, 0.5) is 0 Å². The van der Waals surface area contributed by atoms with Gasteiger partial charge in [0.25, 0.3) is 0 Å². The second-order valence-corrected chi connectivity index (χ2v) is 6.96. The Kier molecular flexibility index (Phi) is 5.36. The Morgan fingerprint density at radius 1 is 1.25 bits per heavy atom. The maximum Gasteiger partial charge on any atom is 0.0503 e. The van der Waals surface area contributed by atoms with Gasteiger partial charge < -0.3 is 5.73 Å². The van der Waals surface area contributed by atoms with Gasteiger partial charge in [0.2, 0.25) is 0 Å². The first-order valence-electron chi connectivity index (χ1n) is 7.35. The van der Waals surface area contributed by atoms with E-state index in [4.69, 9.17) is 28.9 Å². The molecular formula is C16H24Cl2N2. The summed E-state index contributed by atoms with van der Waals surface area (Å²) >= 11 is 12.8. The van der Waals surface area contributed by atoms with E-state index in [-0.39, 0.29) is 6.04 Å². The highest BCUT2D eigenvalue weighted by Gasteiger charge is 2.34. The highest BCUT2D eigenvalue weighted by Crippen LogP contribution is 2.38. The lowest BCUT2D eigenvalue weighted by Gasteiger charge is -2.45. The number of hydrogen-bond acceptors (Lipinski definition) is 2. The van der Waals surface area contributed by atoms with Crippen molar-refractivity contribution in [3.63, 3.8) is 0 Å². The Morgan fingerprint density at radius 2 is 1.85 bits per heavy atom. The molecule has 4 unspecified atom stereocenters. The highest BCUT2D eigenvalue weighted by molar-refractivity contribution is 6.36. The zero-order chi connectivity index (χ0) is 14.9. The standard InChI is InChI=1S/C16H24Cl2N2/c1-10-7-11(2)12(3)20(9-10)15(8-19)16-13(17)5-4-6-14(16)18/h4-6,10-12,15H,7-9,19H2,1-3H3. The summed E-state index contributed by atoms with van der Waals surface area (Å²) in [5.41, 5.74) is 7.05. The van der Waals surface area contributed by atoms with Crippen LogP contribution < -0.4 is 5.73 Å². The third-order valence-corrected chi connectivity index (χ3v) is 5.26. The van der Waals surface area contributed by atoms with E-state index in [2.05, 4.69) is 25.7 Å². The Balaban J connectivity index is 2.36. The SMILES string of the molecule is CC1CC(C)C(C)N(C(CN)c2c(Cl)cccc2Cl)C1. The first-order chi connectivity index (χ1) is 9.45. The van der Waals surface area contributed by atoms with Crippen LogP contribution in [0.5, 0.6) is 0 Å². The molecule has 0 spiro atoms. The number of nitrogens with two attached hydrogens (primary N) is 1. The predicted molar refractivity (Wildman–Crippen MR) is 87.4 cm³/mol. The van der Waals surface area contributed by atoms with Crippen molar-refractivity contribution in [2.75, 3.05) is 13.1 Å². The summed E-state index contributed by atoms with van der Waals surface area (Å²) in [6, 6.07) is 6.26. The first-order valence-corrected chi connectivity index (χ1v) is 8.11. The average Bonchev–Trinajstić information content (AvgIpc) is 2.39. The molecule has 2 rings (SSSR count). The molecule has 1 saturated heterocycles. The van der Waals surface area contributed by atoms with E-state index in [9.17, 15) is 0 Å². The molecule has 4 atom stereocenters. The summed E-state index contributed by atoms with van der Waals surface area (Å²) < 4.78 is 0. The molecule has 20 heavy (non-hydrogen) atoms. The number of rotatable bonds is 3. The van der Waals surface area contributed by atoms with Gasteiger partial charge in [-0.1, -0.05) is 43.1 Å². The molecule has 1 aliphatic rings. The van der Waals surface area contributed by atoms with Crippen molar-refractivity contribution in [1.82, 2.24) is 4.90 Å². The lowest BCUT2D eigenvalue weighted by molar-refractivity contribution is 0.0425. The number of halogens is 2. The number of nitrogens with zero attached hydrogens (tertiary/aromatic N) is 1. The van der Waals surface area contributed by atoms with Crippen molar-refractivity contribution in [3.8, 4) is 0 Å². The predicted octanol–water partition coefficient (Wildman–Crippen LogP) is 4.36. The van der Waals surface area contributed by atoms with Gasteiger partial charge in [0.05, 0.1) is 6.04 Å². The van der Waals surface area contributed by atoms with Crippen molar-refractivity contribution >= 4 is 23.2 Å². The zero-order valence-corrected chi connectivity index (χ0v) is 14.0. The van der Waals surface area contributed by atoms with Crippen molar-refractivity contribution in [3.05, 3.63) is 33.8 Å². The molecule has 0 radical (unpaired) electrons. The Labute approximate surface area is 132 Å². The number of likely N-dealkylation sites (tertiary alicyclic amines) is 1. The minimum absolute atomic E-state index is 0.0939. The zero-order valence-electron chi connectivity index (χ0n) is 12.4. The number of benzene rings is 1. The minimum Gasteiger partial charge on any atom is -0.329 e. The van der Waals surface area contributed by atoms with Crippen LogP contribution in [0, 0.1) is 11.8 Å². The molecule has 0 amide bonds. The van der Waals surface area contributed by atoms with Crippen molar-refractivity contribution in [2.45, 2.75) is 39.3 Å². The molecule has 0 saturated carbocycles. The van der Waals surface area contributed by atoms with Crippen molar-refractivity contribution in [1.29, 1.82) is 0 Å². The third-order valence-electron chi connectivity index (χ3n) is 4.60. The topological polar surface area (TPSA) is 29.3 Å². The summed E-state index contributed by atoms with van der Waals surface area (Å²) in [4.78, 5) is 2.48. The average molecular weight is 315 g/mol. The maximum atomic E-state index is 6.38. The van der Waals surface area contributed by atoms with Crippen molar-refractivity contribution in [2.24, 2.45) is 17.6 Å². The Bertz CT molecular complexity index is 444. The van der Waals surface area contributed by atoms with Crippen LogP contribution in [0.2, 0.25) is 10.0 Å². The molecule has 4 heteroatoms. The molecule has 1 aliphatic heterocycles. The molecule has 1 aromatic rings. The highest BCUT2D eigenvalue weighted by atomic mass is 35.5. The monoisotopic (exact) mass is 314 g/mol. The van der Waals surface area contributed by atoms with Crippen LogP contribution in [-0.2, 0) is 0 Å². The molecule has 0 bridgehead atoms. The van der Waals surface area contributed by atoms with Gasteiger partial charge in [-0.15, -0.1) is 0 Å². The van der Waals surface area contributed by atoms with Gasteiger partial charge in [0.1, 0.15) is 0 Å². The Morgan fingerprint density at radius 3 is 2.40 bits per heavy atom. The van der Waals surface area contributed by atoms with Gasteiger partial charge in [-0.2, -0.15) is 0 Å². The molecule has 1 aromatic carbocycles. The minimum atomic E-state index is 0.0939. The van der Waals surface area contributed by atoms with Gasteiger partial charge in [-0.3, -0.25) is 4.90 Å². The second-order valence-electron chi connectivity index (χ2n) is 6.14. The van der Waals surface area contributed by atoms with Crippen LogP contribution in [0.1, 0.15) is 38.8 Å². The lowest BCUT2D eigenvalue weighted by Crippen LogP contribution is -2.49. The lowest BCUT2D eigenvalue weighted by atomic mass is 9.84. The molecular weight excluding hydrogens is 291 g/mol. The van der Waals surface area contributed by atoms with E-state index in [1.54, 1.807) is 0 Å². The fraction of sp³-hybridized carbons (Fsp3) is 0.625. The quantitative estimate of drug-likeness (QED) is 0.898. The number of piperidine rings is 1. The molecule has 0 aliphatic carbocycles. The van der Waals surface area contributed by atoms with E-state index in [0.29, 0.717) is 34.5 Å². The van der Waals surface area contributed by atoms with Crippen LogP contribution in [-0.4, -0.2) is 24.0 Å². The summed E-state index contributed by atoms with van der Waals surface area (Å²) in [5, 5.41) is 1.43. The second kappa shape index (κ2) is 6.65. The first kappa shape index (κ1) is 16.1. The van der Waals surface area contributed by atoms with Gasteiger partial charge >= 0.3 is 0 Å². The van der Waals surface area contributed by atoms with Crippen LogP contribution in [0.15, 0.2) is 18.2 Å². The van der Waals surface area contributed by atoms with Gasteiger partial charge in [-0.25, -0.2) is 0 Å². The largest absolute Gasteiger partial charge is 0.329 e. The molecule has 2 nitrogen and oxygen atoms in total. The van der Waals surface area contributed by atoms with Crippen LogP contribution in [0.25, 0.3) is 0 Å². The number of hydrogen-bond donors (Lipinski definition) is 1. The van der Waals surface area contributed by atoms with E-state index in [1.807, 2.05) is 18.2 Å². The normalized spacial score (nSPS) is 29.4. The van der Waals surface area contributed by atoms with E-state index in [1.165, 1.54) is 6.42 Å². The van der Waals surface area contributed by atoms with E-state index in [0.717, 1.165) is 12.1 Å². The summed E-state index contributed by atoms with van der Waals surface area (Å²) in [5.74, 6) is 1.34. The molecule has 0 aromatic heterocycles. The molecule has 112 valence electrons. The van der Waals surface area contributed by atoms with Gasteiger partial charge in [0.15, 0.2) is 0 Å². The van der Waals surface area contributed by atoms with E-state index < -0.39 is 0 Å². The third kappa shape index (κ3) is 3.14. The summed E-state index contributed by atoms with van der Waals surface area (Å²) in [7, 11) is 0. The fourth-order valence-electron chi connectivity index (χ4n) is 3.42. The smallest absolute Gasteiger partial charge is 0.0503 e. The van der Waals surface area contributed by atoms with Crippen molar-refractivity contribution < 1.29 is 0 Å². The van der Waals surface area contributed by atoms with Crippen LogP contribution in [0.3, 0.4) is 0 Å².